The van der Waals surface area contributed by atoms with E-state index in [-0.39, 0.29) is 41.9 Å². The zero-order chi connectivity index (χ0) is 20.5. The molecule has 0 fully saturated rings. The number of ketones is 3. The van der Waals surface area contributed by atoms with E-state index in [0.29, 0.717) is 6.42 Å². The molecule has 0 saturated heterocycles. The number of Topliss-reactive ketones (excluding diaryl/α,β-unsaturated/α-hetero) is 3. The highest BCUT2D eigenvalue weighted by atomic mass is 16.2. The quantitative estimate of drug-likeness (QED) is 0.516. The van der Waals surface area contributed by atoms with Crippen molar-refractivity contribution in [2.75, 3.05) is 6.54 Å². The van der Waals surface area contributed by atoms with Gasteiger partial charge < -0.3 is 10.6 Å². The summed E-state index contributed by atoms with van der Waals surface area (Å²) in [5.74, 6) is -1.79. The van der Waals surface area contributed by atoms with Gasteiger partial charge in [-0.1, -0.05) is 33.6 Å². The van der Waals surface area contributed by atoms with Crippen molar-refractivity contribution in [3.8, 4) is 0 Å². The minimum atomic E-state index is -0.753. The highest BCUT2D eigenvalue weighted by Gasteiger charge is 2.29. The number of hydrogen-bond acceptors (Lipinski definition) is 5. The van der Waals surface area contributed by atoms with Crippen LogP contribution in [0.15, 0.2) is 0 Å². The van der Waals surface area contributed by atoms with Crippen LogP contribution < -0.4 is 10.6 Å². The summed E-state index contributed by atoms with van der Waals surface area (Å²) in [7, 11) is 0. The second-order valence-electron chi connectivity index (χ2n) is 8.13. The number of rotatable bonds is 12. The fourth-order valence-corrected chi connectivity index (χ4v) is 2.85. The van der Waals surface area contributed by atoms with Crippen molar-refractivity contribution in [1.82, 2.24) is 10.6 Å². The molecule has 0 aliphatic heterocycles. The summed E-state index contributed by atoms with van der Waals surface area (Å²) in [5, 5.41) is 5.57. The summed E-state index contributed by atoms with van der Waals surface area (Å²) < 4.78 is 0. The Kier molecular flexibility index (Phi) is 10.5. The molecule has 1 amide bonds. The Morgan fingerprint density at radius 2 is 1.62 bits per heavy atom. The van der Waals surface area contributed by atoms with Crippen LogP contribution >= 0.6 is 0 Å². The summed E-state index contributed by atoms with van der Waals surface area (Å²) in [5.41, 5.74) is -0.295. The monoisotopic (exact) mass is 368 g/mol. The van der Waals surface area contributed by atoms with E-state index in [0.717, 1.165) is 12.8 Å². The Hall–Kier alpha value is -1.56. The van der Waals surface area contributed by atoms with Gasteiger partial charge in [-0.25, -0.2) is 0 Å². The van der Waals surface area contributed by atoms with E-state index in [4.69, 9.17) is 0 Å². The SMILES string of the molecule is CCCC(NC(C)(C)C)C(=O)C(=O)NCC(=O)CC(C(C)=O)C(C)CC. The summed E-state index contributed by atoms with van der Waals surface area (Å²) in [4.78, 5) is 48.4. The van der Waals surface area contributed by atoms with Crippen molar-refractivity contribution in [3.63, 3.8) is 0 Å². The predicted molar refractivity (Wildman–Crippen MR) is 103 cm³/mol. The van der Waals surface area contributed by atoms with Gasteiger partial charge in [0.05, 0.1) is 12.6 Å². The highest BCUT2D eigenvalue weighted by molar-refractivity contribution is 6.38. The molecule has 3 atom stereocenters. The highest BCUT2D eigenvalue weighted by Crippen LogP contribution is 2.20. The zero-order valence-electron chi connectivity index (χ0n) is 17.4. The average molecular weight is 369 g/mol. The first-order valence-electron chi connectivity index (χ1n) is 9.54. The molecule has 6 heteroatoms. The molecule has 0 aliphatic rings. The number of nitrogens with one attached hydrogen (secondary N) is 2. The van der Waals surface area contributed by atoms with E-state index in [2.05, 4.69) is 10.6 Å². The minimum absolute atomic E-state index is 0.0208. The van der Waals surface area contributed by atoms with E-state index in [1.807, 2.05) is 41.5 Å². The zero-order valence-corrected chi connectivity index (χ0v) is 17.4. The molecular formula is C20H36N2O4. The van der Waals surface area contributed by atoms with E-state index in [9.17, 15) is 19.2 Å². The van der Waals surface area contributed by atoms with Crippen LogP contribution in [0, 0.1) is 11.8 Å². The number of hydrogen-bond donors (Lipinski definition) is 2. The van der Waals surface area contributed by atoms with Crippen LogP contribution in [0.1, 0.15) is 74.1 Å². The Balaban J connectivity index is 4.72. The maximum absolute atomic E-state index is 12.4. The molecular weight excluding hydrogens is 332 g/mol. The van der Waals surface area contributed by atoms with Crippen molar-refractivity contribution in [1.29, 1.82) is 0 Å². The summed E-state index contributed by atoms with van der Waals surface area (Å²) in [6.07, 6.45) is 2.22. The second-order valence-corrected chi connectivity index (χ2v) is 8.13. The Morgan fingerprint density at radius 1 is 1.04 bits per heavy atom. The molecule has 3 unspecified atom stereocenters. The molecule has 0 rings (SSSR count). The lowest BCUT2D eigenvalue weighted by atomic mass is 9.85. The van der Waals surface area contributed by atoms with E-state index < -0.39 is 17.7 Å². The van der Waals surface area contributed by atoms with Crippen molar-refractivity contribution in [2.45, 2.75) is 85.7 Å². The molecule has 26 heavy (non-hydrogen) atoms. The maximum Gasteiger partial charge on any atom is 0.289 e. The van der Waals surface area contributed by atoms with Crippen LogP contribution in [0.3, 0.4) is 0 Å². The number of carbonyl (C=O) groups excluding carboxylic acids is 4. The average Bonchev–Trinajstić information content (AvgIpc) is 2.54. The predicted octanol–water partition coefficient (Wildman–Crippen LogP) is 2.44. The van der Waals surface area contributed by atoms with Gasteiger partial charge in [0.1, 0.15) is 5.78 Å². The molecule has 0 aliphatic carbocycles. The van der Waals surface area contributed by atoms with Crippen LogP contribution in [-0.4, -0.2) is 41.4 Å². The van der Waals surface area contributed by atoms with Gasteiger partial charge in [0, 0.05) is 17.9 Å². The van der Waals surface area contributed by atoms with E-state index in [1.165, 1.54) is 6.92 Å². The second kappa shape index (κ2) is 11.2. The molecule has 2 N–H and O–H groups in total. The molecule has 0 saturated carbocycles. The maximum atomic E-state index is 12.4. The van der Waals surface area contributed by atoms with Crippen LogP contribution in [0.2, 0.25) is 0 Å². The van der Waals surface area contributed by atoms with Gasteiger partial charge >= 0.3 is 0 Å². The molecule has 150 valence electrons. The van der Waals surface area contributed by atoms with Crippen LogP contribution in [-0.2, 0) is 19.2 Å². The smallest absolute Gasteiger partial charge is 0.289 e. The number of carbonyl (C=O) groups is 4. The normalized spacial score (nSPS) is 15.0. The van der Waals surface area contributed by atoms with Crippen LogP contribution in [0.4, 0.5) is 0 Å². The van der Waals surface area contributed by atoms with Crippen molar-refractivity contribution in [3.05, 3.63) is 0 Å². The minimum Gasteiger partial charge on any atom is -0.342 e. The van der Waals surface area contributed by atoms with Crippen LogP contribution in [0.5, 0.6) is 0 Å². The molecule has 0 aromatic carbocycles. The molecule has 0 spiro atoms. The van der Waals surface area contributed by atoms with E-state index >= 15 is 0 Å². The summed E-state index contributed by atoms with van der Waals surface area (Å²) >= 11 is 0. The van der Waals surface area contributed by atoms with Gasteiger partial charge in [0.2, 0.25) is 5.78 Å². The van der Waals surface area contributed by atoms with Crippen molar-refractivity contribution < 1.29 is 19.2 Å². The van der Waals surface area contributed by atoms with Gasteiger partial charge in [-0.3, -0.25) is 19.2 Å². The summed E-state index contributed by atoms with van der Waals surface area (Å²) in [6, 6.07) is -0.569. The fourth-order valence-electron chi connectivity index (χ4n) is 2.85. The van der Waals surface area contributed by atoms with Crippen LogP contribution in [0.25, 0.3) is 0 Å². The molecule has 0 aromatic heterocycles. The van der Waals surface area contributed by atoms with Gasteiger partial charge in [-0.05, 0) is 40.0 Å². The van der Waals surface area contributed by atoms with Gasteiger partial charge in [0.15, 0.2) is 5.78 Å². The third-order valence-electron chi connectivity index (χ3n) is 4.47. The third-order valence-corrected chi connectivity index (χ3v) is 4.47. The van der Waals surface area contributed by atoms with Crippen molar-refractivity contribution in [2.24, 2.45) is 11.8 Å². The summed E-state index contributed by atoms with van der Waals surface area (Å²) in [6.45, 7) is 12.9. The molecule has 0 heterocycles. The van der Waals surface area contributed by atoms with E-state index in [1.54, 1.807) is 0 Å². The topological polar surface area (TPSA) is 92.3 Å². The lowest BCUT2D eigenvalue weighted by Gasteiger charge is -2.27. The standard InChI is InChI=1S/C20H36N2O4/c1-8-10-17(22-20(5,6)7)18(25)19(26)21-12-15(24)11-16(14(4)23)13(3)9-2/h13,16-17,22H,8-12H2,1-7H3,(H,21,26). The van der Waals surface area contributed by atoms with Gasteiger partial charge in [-0.2, -0.15) is 0 Å². The molecule has 0 bridgehead atoms. The lowest BCUT2D eigenvalue weighted by Crippen LogP contribution is -2.52. The molecule has 0 radical (unpaired) electrons. The van der Waals surface area contributed by atoms with Gasteiger partial charge in [0.25, 0.3) is 5.91 Å². The van der Waals surface area contributed by atoms with Crippen molar-refractivity contribution >= 4 is 23.3 Å². The first-order chi connectivity index (χ1) is 11.9. The Bertz CT molecular complexity index is 508. The first-order valence-corrected chi connectivity index (χ1v) is 9.54. The molecule has 6 nitrogen and oxygen atoms in total. The Morgan fingerprint density at radius 3 is 2.04 bits per heavy atom. The fraction of sp³-hybridized carbons (Fsp3) is 0.800. The molecule has 0 aromatic rings. The third kappa shape index (κ3) is 9.22. The lowest BCUT2D eigenvalue weighted by molar-refractivity contribution is -0.140. The largest absolute Gasteiger partial charge is 0.342 e. The first kappa shape index (κ1) is 24.4. The number of amides is 1. The van der Waals surface area contributed by atoms with Gasteiger partial charge in [-0.15, -0.1) is 0 Å². The Labute approximate surface area is 157 Å².